The van der Waals surface area contributed by atoms with Gasteiger partial charge >= 0.3 is 5.69 Å². The van der Waals surface area contributed by atoms with Crippen molar-refractivity contribution >= 4 is 22.8 Å². The topological polar surface area (TPSA) is 97.1 Å². The van der Waals surface area contributed by atoms with Crippen molar-refractivity contribution in [2.24, 2.45) is 12.1 Å². The van der Waals surface area contributed by atoms with Gasteiger partial charge in [0, 0.05) is 12.8 Å². The number of benzene rings is 1. The van der Waals surface area contributed by atoms with Crippen molar-refractivity contribution in [2.75, 3.05) is 5.43 Å². The van der Waals surface area contributed by atoms with Crippen LogP contribution in [-0.2, 0) is 13.6 Å². The Morgan fingerprint density at radius 2 is 1.96 bits per heavy atom. The van der Waals surface area contributed by atoms with E-state index in [1.165, 1.54) is 4.57 Å². The standard InChI is InChI=1S/C18H22N6O2/c1-5-12(3)21-22-17-19-15-14(16(25)20-18(26)23(15)4)24(17)10-13-8-6-11(2)7-9-13/h6-9H,5,10H2,1-4H3,(H,19,22)(H,20,25,26). The number of imidazole rings is 1. The molecule has 1 aromatic carbocycles. The fourth-order valence-electron chi connectivity index (χ4n) is 2.57. The van der Waals surface area contributed by atoms with Crippen molar-refractivity contribution in [3.05, 3.63) is 56.2 Å². The molecule has 8 nitrogen and oxygen atoms in total. The molecule has 0 unspecified atom stereocenters. The zero-order valence-electron chi connectivity index (χ0n) is 15.3. The number of hydrazone groups is 1. The summed E-state index contributed by atoms with van der Waals surface area (Å²) >= 11 is 0. The molecule has 136 valence electrons. The molecule has 8 heteroatoms. The molecule has 0 saturated heterocycles. The Morgan fingerprint density at radius 3 is 2.62 bits per heavy atom. The van der Waals surface area contributed by atoms with E-state index in [1.807, 2.05) is 45.0 Å². The van der Waals surface area contributed by atoms with Gasteiger partial charge in [-0.15, -0.1) is 0 Å². The molecular weight excluding hydrogens is 332 g/mol. The first-order valence-electron chi connectivity index (χ1n) is 8.45. The first-order chi connectivity index (χ1) is 12.4. The molecule has 0 bridgehead atoms. The average Bonchev–Trinajstić information content (AvgIpc) is 2.98. The van der Waals surface area contributed by atoms with Gasteiger partial charge in [-0.2, -0.15) is 10.1 Å². The van der Waals surface area contributed by atoms with Crippen molar-refractivity contribution in [1.29, 1.82) is 0 Å². The molecule has 26 heavy (non-hydrogen) atoms. The summed E-state index contributed by atoms with van der Waals surface area (Å²) in [6.45, 7) is 6.36. The largest absolute Gasteiger partial charge is 0.329 e. The Bertz CT molecular complexity index is 1090. The van der Waals surface area contributed by atoms with Crippen LogP contribution in [0.1, 0.15) is 31.4 Å². The van der Waals surface area contributed by atoms with E-state index in [2.05, 4.69) is 20.5 Å². The molecule has 0 amide bonds. The van der Waals surface area contributed by atoms with E-state index in [-0.39, 0.29) is 0 Å². The van der Waals surface area contributed by atoms with Crippen LogP contribution >= 0.6 is 0 Å². The van der Waals surface area contributed by atoms with Crippen LogP contribution in [0.15, 0.2) is 39.0 Å². The SMILES string of the molecule is CCC(C)=NNc1nc2c(c(=O)[nH]c(=O)n2C)n1Cc1ccc(C)cc1. The van der Waals surface area contributed by atoms with E-state index in [4.69, 9.17) is 0 Å². The molecule has 0 saturated carbocycles. The zero-order valence-corrected chi connectivity index (χ0v) is 15.3. The van der Waals surface area contributed by atoms with E-state index in [1.54, 1.807) is 11.6 Å². The maximum Gasteiger partial charge on any atom is 0.329 e. The van der Waals surface area contributed by atoms with Crippen molar-refractivity contribution in [3.8, 4) is 0 Å². The van der Waals surface area contributed by atoms with E-state index in [0.717, 1.165) is 23.3 Å². The lowest BCUT2D eigenvalue weighted by molar-refractivity contribution is 0.808. The zero-order chi connectivity index (χ0) is 18.8. The molecule has 3 rings (SSSR count). The summed E-state index contributed by atoms with van der Waals surface area (Å²) in [4.78, 5) is 31.1. The molecule has 2 N–H and O–H groups in total. The lowest BCUT2D eigenvalue weighted by Gasteiger charge is -2.09. The predicted octanol–water partition coefficient (Wildman–Crippen LogP) is 1.98. The van der Waals surface area contributed by atoms with E-state index in [9.17, 15) is 9.59 Å². The van der Waals surface area contributed by atoms with E-state index < -0.39 is 11.2 Å². The maximum atomic E-state index is 12.4. The molecule has 3 aromatic rings. The number of fused-ring (bicyclic) bond motifs is 1. The summed E-state index contributed by atoms with van der Waals surface area (Å²) in [7, 11) is 1.58. The smallest absolute Gasteiger partial charge is 0.298 e. The summed E-state index contributed by atoms with van der Waals surface area (Å²) in [5.74, 6) is 0.417. The van der Waals surface area contributed by atoms with Gasteiger partial charge in [-0.25, -0.2) is 10.2 Å². The number of hydrogen-bond donors (Lipinski definition) is 2. The van der Waals surface area contributed by atoms with E-state index in [0.29, 0.717) is 23.7 Å². The van der Waals surface area contributed by atoms with Crippen LogP contribution in [0.2, 0.25) is 0 Å². The minimum atomic E-state index is -0.498. The number of aryl methyl sites for hydroxylation is 2. The number of aromatic nitrogens is 4. The molecule has 0 radical (unpaired) electrons. The number of nitrogens with one attached hydrogen (secondary N) is 2. The monoisotopic (exact) mass is 354 g/mol. The molecule has 0 aliphatic carbocycles. The normalized spacial score (nSPS) is 11.9. The minimum Gasteiger partial charge on any atom is -0.298 e. The van der Waals surface area contributed by atoms with Crippen LogP contribution in [0.25, 0.3) is 11.2 Å². The van der Waals surface area contributed by atoms with Crippen molar-refractivity contribution in [2.45, 2.75) is 33.7 Å². The number of H-pyrrole nitrogens is 1. The number of rotatable bonds is 5. The summed E-state index contributed by atoms with van der Waals surface area (Å²) in [5, 5.41) is 4.29. The fraction of sp³-hybridized carbons (Fsp3) is 0.333. The molecule has 2 heterocycles. The van der Waals surface area contributed by atoms with E-state index >= 15 is 0 Å². The fourth-order valence-corrected chi connectivity index (χ4v) is 2.57. The molecule has 0 atom stereocenters. The molecule has 0 fully saturated rings. The second kappa shape index (κ2) is 6.99. The lowest BCUT2D eigenvalue weighted by atomic mass is 10.1. The highest BCUT2D eigenvalue weighted by atomic mass is 16.2. The van der Waals surface area contributed by atoms with Crippen LogP contribution in [0.5, 0.6) is 0 Å². The molecule has 0 aliphatic heterocycles. The third-order valence-electron chi connectivity index (χ3n) is 4.33. The van der Waals surface area contributed by atoms with Crippen LogP contribution in [0.4, 0.5) is 5.95 Å². The predicted molar refractivity (Wildman–Crippen MR) is 103 cm³/mol. The van der Waals surface area contributed by atoms with Crippen LogP contribution in [0.3, 0.4) is 0 Å². The Labute approximate surface area is 150 Å². The Morgan fingerprint density at radius 1 is 1.27 bits per heavy atom. The van der Waals surface area contributed by atoms with Gasteiger partial charge in [0.05, 0.1) is 6.54 Å². The highest BCUT2D eigenvalue weighted by Gasteiger charge is 2.17. The first-order valence-corrected chi connectivity index (χ1v) is 8.45. The number of nitrogens with zero attached hydrogens (tertiary/aromatic N) is 4. The number of aromatic amines is 1. The quantitative estimate of drug-likeness (QED) is 0.541. The molecule has 0 aliphatic rings. The number of anilines is 1. The summed E-state index contributed by atoms with van der Waals surface area (Å²) in [6, 6.07) is 8.03. The van der Waals surface area contributed by atoms with Crippen LogP contribution in [-0.4, -0.2) is 24.8 Å². The average molecular weight is 354 g/mol. The second-order valence-corrected chi connectivity index (χ2v) is 6.31. The van der Waals surface area contributed by atoms with Gasteiger partial charge in [-0.05, 0) is 25.8 Å². The maximum absolute atomic E-state index is 12.4. The third kappa shape index (κ3) is 3.30. The molecular formula is C18H22N6O2. The van der Waals surface area contributed by atoms with Gasteiger partial charge < -0.3 is 0 Å². The summed E-state index contributed by atoms with van der Waals surface area (Å²) in [6.07, 6.45) is 0.796. The van der Waals surface area contributed by atoms with Crippen molar-refractivity contribution < 1.29 is 0 Å². The highest BCUT2D eigenvalue weighted by molar-refractivity contribution is 5.82. The lowest BCUT2D eigenvalue weighted by Crippen LogP contribution is -2.29. The van der Waals surface area contributed by atoms with Gasteiger partial charge in [-0.1, -0.05) is 36.8 Å². The Balaban J connectivity index is 2.19. The van der Waals surface area contributed by atoms with Gasteiger partial charge in [0.15, 0.2) is 11.2 Å². The van der Waals surface area contributed by atoms with Gasteiger partial charge in [0.2, 0.25) is 5.95 Å². The Hall–Kier alpha value is -3.16. The second-order valence-electron chi connectivity index (χ2n) is 6.31. The van der Waals surface area contributed by atoms with Crippen molar-refractivity contribution in [3.63, 3.8) is 0 Å². The highest BCUT2D eigenvalue weighted by Crippen LogP contribution is 2.18. The van der Waals surface area contributed by atoms with Gasteiger partial charge in [-0.3, -0.25) is 18.9 Å². The first kappa shape index (κ1) is 17.7. The van der Waals surface area contributed by atoms with Gasteiger partial charge in [0.25, 0.3) is 5.56 Å². The summed E-state index contributed by atoms with van der Waals surface area (Å²) < 4.78 is 3.06. The summed E-state index contributed by atoms with van der Waals surface area (Å²) in [5.41, 5.74) is 5.70. The molecule has 2 aromatic heterocycles. The van der Waals surface area contributed by atoms with Crippen LogP contribution in [0, 0.1) is 6.92 Å². The van der Waals surface area contributed by atoms with Crippen molar-refractivity contribution in [1.82, 2.24) is 19.1 Å². The molecule has 0 spiro atoms. The van der Waals surface area contributed by atoms with Gasteiger partial charge in [0.1, 0.15) is 0 Å². The Kier molecular flexibility index (Phi) is 4.75. The van der Waals surface area contributed by atoms with Crippen LogP contribution < -0.4 is 16.7 Å². The third-order valence-corrected chi connectivity index (χ3v) is 4.33. The number of hydrogen-bond acceptors (Lipinski definition) is 5. The minimum absolute atomic E-state index is 0.317.